The second kappa shape index (κ2) is 10.2. The quantitative estimate of drug-likeness (QED) is 0.474. The Morgan fingerprint density at radius 1 is 1.00 bits per heavy atom. The lowest BCUT2D eigenvalue weighted by molar-refractivity contribution is -0.274. The van der Waals surface area contributed by atoms with E-state index in [0.29, 0.717) is 12.1 Å². The van der Waals surface area contributed by atoms with Gasteiger partial charge in [0.1, 0.15) is 5.75 Å². The molecule has 0 spiro atoms. The van der Waals surface area contributed by atoms with Crippen LogP contribution >= 0.6 is 0 Å². The smallest absolute Gasteiger partial charge is 0.406 e. The number of benzene rings is 2. The maximum absolute atomic E-state index is 12.1. The second-order valence-electron chi connectivity index (χ2n) is 5.83. The summed E-state index contributed by atoms with van der Waals surface area (Å²) in [6, 6.07) is 15.1. The van der Waals surface area contributed by atoms with Gasteiger partial charge in [-0.3, -0.25) is 4.79 Å². The van der Waals surface area contributed by atoms with Crippen LogP contribution in [0.2, 0.25) is 0 Å². The van der Waals surface area contributed by atoms with Crippen LogP contribution in [0.1, 0.15) is 11.1 Å². The Morgan fingerprint density at radius 2 is 1.68 bits per heavy atom. The van der Waals surface area contributed by atoms with Crippen LogP contribution in [0.4, 0.5) is 13.2 Å². The van der Waals surface area contributed by atoms with Gasteiger partial charge >= 0.3 is 6.36 Å². The highest BCUT2D eigenvalue weighted by atomic mass is 19.4. The maximum Gasteiger partial charge on any atom is 0.573 e. The van der Waals surface area contributed by atoms with Gasteiger partial charge in [-0.25, -0.2) is 4.99 Å². The Labute approximate surface area is 160 Å². The molecule has 0 radical (unpaired) electrons. The molecule has 1 amide bonds. The molecule has 6 nitrogen and oxygen atoms in total. The van der Waals surface area contributed by atoms with Crippen LogP contribution in [-0.4, -0.2) is 31.3 Å². The molecule has 0 saturated heterocycles. The first-order valence-electron chi connectivity index (χ1n) is 8.51. The highest BCUT2D eigenvalue weighted by Gasteiger charge is 2.30. The number of alkyl halides is 3. The molecule has 4 N–H and O–H groups in total. The first kappa shape index (κ1) is 21.1. The molecule has 0 aromatic heterocycles. The fourth-order valence-electron chi connectivity index (χ4n) is 2.25. The Kier molecular flexibility index (Phi) is 7.67. The molecule has 0 aliphatic heterocycles. The van der Waals surface area contributed by atoms with Crippen LogP contribution in [0.15, 0.2) is 59.6 Å². The molecule has 0 atom stereocenters. The van der Waals surface area contributed by atoms with Gasteiger partial charge in [-0.05, 0) is 29.7 Å². The Hall–Kier alpha value is -3.23. The van der Waals surface area contributed by atoms with Crippen molar-refractivity contribution in [3.8, 4) is 5.75 Å². The van der Waals surface area contributed by atoms with Gasteiger partial charge in [-0.2, -0.15) is 0 Å². The normalized spacial score (nSPS) is 11.8. The molecule has 0 bridgehead atoms. The number of nitrogens with zero attached hydrogens (tertiary/aromatic N) is 1. The number of nitrogens with one attached hydrogen (secondary N) is 2. The van der Waals surface area contributed by atoms with Crippen LogP contribution in [0, 0.1) is 0 Å². The van der Waals surface area contributed by atoms with Crippen molar-refractivity contribution in [2.45, 2.75) is 19.3 Å². The van der Waals surface area contributed by atoms with Gasteiger partial charge in [-0.1, -0.05) is 42.5 Å². The highest BCUT2D eigenvalue weighted by Crippen LogP contribution is 2.22. The van der Waals surface area contributed by atoms with E-state index in [1.54, 1.807) is 0 Å². The number of carbonyl (C=O) groups is 1. The maximum atomic E-state index is 12.1. The molecule has 150 valence electrons. The molecule has 2 rings (SSSR count). The minimum atomic E-state index is -4.73. The molecule has 0 heterocycles. The lowest BCUT2D eigenvalue weighted by Gasteiger charge is -2.09. The summed E-state index contributed by atoms with van der Waals surface area (Å²) in [6.45, 7) is 0.636. The Bertz CT molecular complexity index is 778. The number of ether oxygens (including phenoxy) is 1. The van der Waals surface area contributed by atoms with Gasteiger partial charge in [0.25, 0.3) is 0 Å². The predicted octanol–water partition coefficient (Wildman–Crippen LogP) is 2.35. The summed E-state index contributed by atoms with van der Waals surface area (Å²) >= 11 is 0. The van der Waals surface area contributed by atoms with E-state index in [2.05, 4.69) is 20.4 Å². The van der Waals surface area contributed by atoms with Crippen molar-refractivity contribution in [2.24, 2.45) is 10.7 Å². The summed E-state index contributed by atoms with van der Waals surface area (Å²) in [4.78, 5) is 15.8. The van der Waals surface area contributed by atoms with Gasteiger partial charge < -0.3 is 21.1 Å². The molecule has 0 fully saturated rings. The summed E-state index contributed by atoms with van der Waals surface area (Å²) in [5, 5.41) is 5.45. The first-order chi connectivity index (χ1) is 13.3. The number of rotatable bonds is 8. The predicted molar refractivity (Wildman–Crippen MR) is 99.6 cm³/mol. The van der Waals surface area contributed by atoms with Crippen molar-refractivity contribution in [2.75, 3.05) is 13.1 Å². The average Bonchev–Trinajstić information content (AvgIpc) is 2.65. The molecule has 28 heavy (non-hydrogen) atoms. The third-order valence-corrected chi connectivity index (χ3v) is 3.60. The lowest BCUT2D eigenvalue weighted by atomic mass is 10.1. The fourth-order valence-corrected chi connectivity index (χ4v) is 2.25. The van der Waals surface area contributed by atoms with Crippen LogP contribution in [0.25, 0.3) is 0 Å². The number of aliphatic imine (C=N–C) groups is 1. The van der Waals surface area contributed by atoms with Crippen LogP contribution in [-0.2, 0) is 17.8 Å². The average molecular weight is 394 g/mol. The van der Waals surface area contributed by atoms with E-state index in [9.17, 15) is 18.0 Å². The van der Waals surface area contributed by atoms with Crippen molar-refractivity contribution in [1.82, 2.24) is 10.6 Å². The molecule has 0 aliphatic carbocycles. The van der Waals surface area contributed by atoms with E-state index in [0.717, 1.165) is 12.0 Å². The number of carbonyl (C=O) groups excluding carboxylic acids is 1. The van der Waals surface area contributed by atoms with Gasteiger partial charge in [0.15, 0.2) is 5.96 Å². The summed E-state index contributed by atoms with van der Waals surface area (Å²) in [5.41, 5.74) is 7.46. The number of guanidine groups is 1. The Balaban J connectivity index is 1.68. The molecular formula is C19H21F3N4O2. The van der Waals surface area contributed by atoms with Gasteiger partial charge in [0.2, 0.25) is 5.91 Å². The second-order valence-corrected chi connectivity index (χ2v) is 5.83. The molecule has 2 aromatic rings. The van der Waals surface area contributed by atoms with E-state index < -0.39 is 6.36 Å². The van der Waals surface area contributed by atoms with Crippen molar-refractivity contribution < 1.29 is 22.7 Å². The van der Waals surface area contributed by atoms with Gasteiger partial charge in [-0.15, -0.1) is 13.2 Å². The topological polar surface area (TPSA) is 88.7 Å². The highest BCUT2D eigenvalue weighted by molar-refractivity contribution is 5.85. The molecule has 2 aromatic carbocycles. The van der Waals surface area contributed by atoms with Gasteiger partial charge in [0, 0.05) is 6.54 Å². The number of halogens is 3. The summed E-state index contributed by atoms with van der Waals surface area (Å²) in [7, 11) is 0. The fraction of sp³-hybridized carbons (Fsp3) is 0.263. The molecule has 9 heteroatoms. The zero-order valence-corrected chi connectivity index (χ0v) is 15.0. The van der Waals surface area contributed by atoms with E-state index in [1.807, 2.05) is 30.3 Å². The molecular weight excluding hydrogens is 373 g/mol. The van der Waals surface area contributed by atoms with Crippen molar-refractivity contribution >= 4 is 11.9 Å². The minimum Gasteiger partial charge on any atom is -0.406 e. The first-order valence-corrected chi connectivity index (χ1v) is 8.51. The summed E-state index contributed by atoms with van der Waals surface area (Å²) < 4.78 is 40.1. The number of hydrogen-bond donors (Lipinski definition) is 3. The van der Waals surface area contributed by atoms with E-state index in [4.69, 9.17) is 5.73 Å². The van der Waals surface area contributed by atoms with Crippen molar-refractivity contribution in [3.63, 3.8) is 0 Å². The minimum absolute atomic E-state index is 0.0253. The third kappa shape index (κ3) is 8.43. The van der Waals surface area contributed by atoms with E-state index in [-0.39, 0.29) is 30.7 Å². The number of amides is 1. The summed E-state index contributed by atoms with van der Waals surface area (Å²) in [6.07, 6.45) is -4.00. The summed E-state index contributed by atoms with van der Waals surface area (Å²) in [5.74, 6) is -0.463. The van der Waals surface area contributed by atoms with Crippen LogP contribution in [0.5, 0.6) is 5.75 Å². The monoisotopic (exact) mass is 394 g/mol. The van der Waals surface area contributed by atoms with E-state index >= 15 is 0 Å². The number of nitrogens with two attached hydrogens (primary N) is 1. The zero-order valence-electron chi connectivity index (χ0n) is 15.0. The van der Waals surface area contributed by atoms with Crippen LogP contribution in [0.3, 0.4) is 0 Å². The SMILES string of the molecule is NC(=NCc1ccc(OC(F)(F)F)cc1)NCC(=O)NCCc1ccccc1. The number of hydrogen-bond acceptors (Lipinski definition) is 3. The molecule has 0 unspecified atom stereocenters. The Morgan fingerprint density at radius 3 is 2.32 bits per heavy atom. The van der Waals surface area contributed by atoms with Gasteiger partial charge in [0.05, 0.1) is 13.1 Å². The van der Waals surface area contributed by atoms with Crippen molar-refractivity contribution in [3.05, 3.63) is 65.7 Å². The lowest BCUT2D eigenvalue weighted by Crippen LogP contribution is -2.41. The van der Waals surface area contributed by atoms with Crippen LogP contribution < -0.4 is 21.1 Å². The largest absolute Gasteiger partial charge is 0.573 e. The molecule has 0 aliphatic rings. The van der Waals surface area contributed by atoms with E-state index in [1.165, 1.54) is 24.3 Å². The zero-order chi connectivity index (χ0) is 20.4. The molecule has 0 saturated carbocycles. The van der Waals surface area contributed by atoms with Crippen molar-refractivity contribution in [1.29, 1.82) is 0 Å². The third-order valence-electron chi connectivity index (χ3n) is 3.60. The standard InChI is InChI=1S/C19H21F3N4O2/c20-19(21,22)28-16-8-6-15(7-9-16)12-25-18(23)26-13-17(27)24-11-10-14-4-2-1-3-5-14/h1-9H,10-13H2,(H,24,27)(H3,23,25,26).